The van der Waals surface area contributed by atoms with Gasteiger partial charge in [-0.25, -0.2) is 0 Å². The number of carbonyl (C=O) groups excluding carboxylic acids is 1. The molecular formula is C22H27N3O2S. The number of phenolic OH excluding ortho intramolecular Hbond substituents is 1. The van der Waals surface area contributed by atoms with Gasteiger partial charge in [-0.05, 0) is 30.7 Å². The van der Waals surface area contributed by atoms with E-state index in [0.29, 0.717) is 17.5 Å². The minimum absolute atomic E-state index is 0.179. The molecule has 0 aromatic heterocycles. The average molecular weight is 398 g/mol. The molecule has 5 nitrogen and oxygen atoms in total. The van der Waals surface area contributed by atoms with E-state index in [0.717, 1.165) is 50.5 Å². The van der Waals surface area contributed by atoms with Crippen LogP contribution in [0.5, 0.6) is 5.75 Å². The standard InChI is InChI=1S/C22H27N3O2S/c1-17-10-11-25(19-7-3-5-9-21(19)28-17)22(27)16-23-12-14-24(15-13-23)18-6-2-4-8-20(18)26/h2-9,17,26H,10-16H2,1H3/t17-/m1/s1. The molecule has 0 aliphatic carbocycles. The van der Waals surface area contributed by atoms with Gasteiger partial charge in [0, 0.05) is 42.9 Å². The summed E-state index contributed by atoms with van der Waals surface area (Å²) in [6.45, 7) is 6.72. The summed E-state index contributed by atoms with van der Waals surface area (Å²) in [5.41, 5.74) is 1.93. The first-order chi connectivity index (χ1) is 13.6. The number of phenols is 1. The molecule has 2 aromatic carbocycles. The van der Waals surface area contributed by atoms with Crippen LogP contribution in [-0.4, -0.2) is 60.4 Å². The van der Waals surface area contributed by atoms with Crippen molar-refractivity contribution in [1.82, 2.24) is 4.90 Å². The molecule has 0 spiro atoms. The summed E-state index contributed by atoms with van der Waals surface area (Å²) in [6, 6.07) is 15.7. The van der Waals surface area contributed by atoms with E-state index in [-0.39, 0.29) is 5.91 Å². The van der Waals surface area contributed by atoms with Gasteiger partial charge in [0.05, 0.1) is 17.9 Å². The van der Waals surface area contributed by atoms with Crippen LogP contribution < -0.4 is 9.80 Å². The minimum Gasteiger partial charge on any atom is -0.506 e. The number of hydrogen-bond donors (Lipinski definition) is 1. The Hall–Kier alpha value is -2.18. The Morgan fingerprint density at radius 1 is 1.00 bits per heavy atom. The molecule has 1 fully saturated rings. The van der Waals surface area contributed by atoms with E-state index in [9.17, 15) is 9.90 Å². The van der Waals surface area contributed by atoms with Crippen LogP contribution in [0.3, 0.4) is 0 Å². The number of piperazine rings is 1. The topological polar surface area (TPSA) is 47.0 Å². The second-order valence-corrected chi connectivity index (χ2v) is 8.96. The lowest BCUT2D eigenvalue weighted by molar-refractivity contribution is -0.119. The largest absolute Gasteiger partial charge is 0.506 e. The molecule has 2 aliphatic heterocycles. The van der Waals surface area contributed by atoms with Crippen LogP contribution in [0.1, 0.15) is 13.3 Å². The number of fused-ring (bicyclic) bond motifs is 1. The Morgan fingerprint density at radius 3 is 2.43 bits per heavy atom. The van der Waals surface area contributed by atoms with E-state index in [1.807, 2.05) is 47.0 Å². The molecule has 4 rings (SSSR count). The van der Waals surface area contributed by atoms with Crippen molar-refractivity contribution in [1.29, 1.82) is 0 Å². The first-order valence-corrected chi connectivity index (χ1v) is 10.8. The van der Waals surface area contributed by atoms with Crippen molar-refractivity contribution in [3.63, 3.8) is 0 Å². The molecule has 28 heavy (non-hydrogen) atoms. The molecule has 6 heteroatoms. The Kier molecular flexibility index (Phi) is 5.78. The lowest BCUT2D eigenvalue weighted by atomic mass is 10.2. The molecule has 1 saturated heterocycles. The molecule has 1 amide bonds. The summed E-state index contributed by atoms with van der Waals surface area (Å²) >= 11 is 1.86. The minimum atomic E-state index is 0.179. The third kappa shape index (κ3) is 4.13. The van der Waals surface area contributed by atoms with Gasteiger partial charge < -0.3 is 14.9 Å². The third-order valence-corrected chi connectivity index (χ3v) is 6.74. The quantitative estimate of drug-likeness (QED) is 0.860. The lowest BCUT2D eigenvalue weighted by Gasteiger charge is -2.36. The first-order valence-electron chi connectivity index (χ1n) is 9.93. The van der Waals surface area contributed by atoms with Gasteiger partial charge in [0.2, 0.25) is 5.91 Å². The second kappa shape index (κ2) is 8.45. The zero-order valence-electron chi connectivity index (χ0n) is 16.3. The highest BCUT2D eigenvalue weighted by Gasteiger charge is 2.27. The van der Waals surface area contributed by atoms with Crippen molar-refractivity contribution in [2.45, 2.75) is 23.5 Å². The van der Waals surface area contributed by atoms with E-state index < -0.39 is 0 Å². The summed E-state index contributed by atoms with van der Waals surface area (Å²) in [5.74, 6) is 0.498. The normalized spacial score (nSPS) is 20.5. The maximum Gasteiger partial charge on any atom is 0.241 e. The molecule has 1 N–H and O–H groups in total. The molecule has 0 unspecified atom stereocenters. The first kappa shape index (κ1) is 19.2. The summed E-state index contributed by atoms with van der Waals surface area (Å²) in [5, 5.41) is 10.6. The van der Waals surface area contributed by atoms with Crippen molar-refractivity contribution in [2.24, 2.45) is 0 Å². The van der Waals surface area contributed by atoms with Gasteiger partial charge in [-0.1, -0.05) is 31.2 Å². The third-order valence-electron chi connectivity index (χ3n) is 5.50. The van der Waals surface area contributed by atoms with Crippen LogP contribution in [0.4, 0.5) is 11.4 Å². The van der Waals surface area contributed by atoms with Crippen LogP contribution in [0.15, 0.2) is 53.4 Å². The SMILES string of the molecule is C[C@@H]1CCN(C(=O)CN2CCN(c3ccccc3O)CC2)c2ccccc2S1. The lowest BCUT2D eigenvalue weighted by Crippen LogP contribution is -2.50. The smallest absolute Gasteiger partial charge is 0.241 e. The van der Waals surface area contributed by atoms with Crippen molar-refractivity contribution in [3.05, 3.63) is 48.5 Å². The van der Waals surface area contributed by atoms with Gasteiger partial charge in [0.25, 0.3) is 0 Å². The zero-order chi connectivity index (χ0) is 19.5. The van der Waals surface area contributed by atoms with Crippen LogP contribution in [0.25, 0.3) is 0 Å². The zero-order valence-corrected chi connectivity index (χ0v) is 17.1. The van der Waals surface area contributed by atoms with Crippen LogP contribution >= 0.6 is 11.8 Å². The number of thioether (sulfide) groups is 1. The number of carbonyl (C=O) groups is 1. The van der Waals surface area contributed by atoms with Crippen molar-refractivity contribution >= 4 is 29.0 Å². The summed E-state index contributed by atoms with van der Waals surface area (Å²) in [4.78, 5) is 20.7. The van der Waals surface area contributed by atoms with E-state index >= 15 is 0 Å². The average Bonchev–Trinajstić information content (AvgIpc) is 2.87. The Labute approximate surface area is 170 Å². The van der Waals surface area contributed by atoms with Crippen LogP contribution in [0, 0.1) is 0 Å². The molecule has 2 aliphatic rings. The van der Waals surface area contributed by atoms with Gasteiger partial charge in [0.1, 0.15) is 5.75 Å². The maximum absolute atomic E-state index is 13.1. The Morgan fingerprint density at radius 2 is 1.68 bits per heavy atom. The molecule has 148 valence electrons. The highest BCUT2D eigenvalue weighted by Crippen LogP contribution is 2.37. The van der Waals surface area contributed by atoms with Crippen molar-refractivity contribution in [2.75, 3.05) is 49.1 Å². The van der Waals surface area contributed by atoms with Crippen LogP contribution in [0.2, 0.25) is 0 Å². The van der Waals surface area contributed by atoms with Crippen molar-refractivity contribution < 1.29 is 9.90 Å². The second-order valence-electron chi connectivity index (χ2n) is 7.48. The predicted molar refractivity (Wildman–Crippen MR) is 115 cm³/mol. The molecule has 2 heterocycles. The summed E-state index contributed by atoms with van der Waals surface area (Å²) in [6.07, 6.45) is 1.01. The summed E-state index contributed by atoms with van der Waals surface area (Å²) in [7, 11) is 0. The van der Waals surface area contributed by atoms with E-state index in [4.69, 9.17) is 0 Å². The fraction of sp³-hybridized carbons (Fsp3) is 0.409. The van der Waals surface area contributed by atoms with Gasteiger partial charge in [-0.2, -0.15) is 0 Å². The van der Waals surface area contributed by atoms with Gasteiger partial charge in [-0.3, -0.25) is 9.69 Å². The molecule has 1 atom stereocenters. The van der Waals surface area contributed by atoms with Gasteiger partial charge >= 0.3 is 0 Å². The number of benzene rings is 2. The Balaban J connectivity index is 1.39. The number of para-hydroxylation sites is 3. The van der Waals surface area contributed by atoms with Gasteiger partial charge in [0.15, 0.2) is 0 Å². The fourth-order valence-electron chi connectivity index (χ4n) is 3.90. The number of rotatable bonds is 3. The van der Waals surface area contributed by atoms with E-state index in [1.165, 1.54) is 4.90 Å². The maximum atomic E-state index is 13.1. The number of aromatic hydroxyl groups is 1. The fourth-order valence-corrected chi connectivity index (χ4v) is 5.01. The van der Waals surface area contributed by atoms with Crippen LogP contribution in [-0.2, 0) is 4.79 Å². The van der Waals surface area contributed by atoms with E-state index in [1.54, 1.807) is 6.07 Å². The molecule has 0 radical (unpaired) electrons. The number of hydrogen-bond acceptors (Lipinski definition) is 5. The molecular weight excluding hydrogens is 370 g/mol. The molecule has 0 saturated carbocycles. The van der Waals surface area contributed by atoms with Gasteiger partial charge in [-0.15, -0.1) is 11.8 Å². The highest BCUT2D eigenvalue weighted by molar-refractivity contribution is 8.00. The summed E-state index contributed by atoms with van der Waals surface area (Å²) < 4.78 is 0. The van der Waals surface area contributed by atoms with Crippen molar-refractivity contribution in [3.8, 4) is 5.75 Å². The number of nitrogens with zero attached hydrogens (tertiary/aromatic N) is 3. The number of anilines is 2. The number of amides is 1. The molecule has 0 bridgehead atoms. The monoisotopic (exact) mass is 397 g/mol. The Bertz CT molecular complexity index is 836. The predicted octanol–water partition coefficient (Wildman–Crippen LogP) is 3.43. The highest BCUT2D eigenvalue weighted by atomic mass is 32.2. The molecule has 2 aromatic rings. The van der Waals surface area contributed by atoms with E-state index in [2.05, 4.69) is 28.9 Å².